The number of hydrogen-bond donors (Lipinski definition) is 1. The summed E-state index contributed by atoms with van der Waals surface area (Å²) in [5, 5.41) is 5.85. The van der Waals surface area contributed by atoms with Gasteiger partial charge < -0.3 is 10.1 Å². The Kier molecular flexibility index (Phi) is 2.69. The van der Waals surface area contributed by atoms with Crippen molar-refractivity contribution in [3.8, 4) is 5.75 Å². The van der Waals surface area contributed by atoms with Crippen molar-refractivity contribution in [1.82, 2.24) is 10.3 Å². The summed E-state index contributed by atoms with van der Waals surface area (Å²) in [6.45, 7) is 2.12. The first-order valence-corrected chi connectivity index (χ1v) is 6.02. The topological polar surface area (TPSA) is 34.1 Å². The molecule has 0 bridgehead atoms. The van der Waals surface area contributed by atoms with E-state index in [1.807, 2.05) is 12.3 Å². The molecule has 1 aliphatic heterocycles. The molecule has 2 heterocycles. The predicted octanol–water partition coefficient (Wildman–Crippen LogP) is 2.32. The van der Waals surface area contributed by atoms with Gasteiger partial charge in [-0.25, -0.2) is 0 Å². The molecular weight excluding hydrogens is 212 g/mol. The number of benzene rings is 1. The third kappa shape index (κ3) is 1.87. The van der Waals surface area contributed by atoms with Crippen molar-refractivity contribution in [2.45, 2.75) is 12.3 Å². The largest absolute Gasteiger partial charge is 0.497 e. The summed E-state index contributed by atoms with van der Waals surface area (Å²) in [6.07, 6.45) is 3.08. The maximum atomic E-state index is 5.30. The van der Waals surface area contributed by atoms with Crippen LogP contribution in [0, 0.1) is 0 Å². The van der Waals surface area contributed by atoms with E-state index in [9.17, 15) is 0 Å². The van der Waals surface area contributed by atoms with Crippen molar-refractivity contribution < 1.29 is 4.74 Å². The first-order valence-electron chi connectivity index (χ1n) is 6.02. The minimum Gasteiger partial charge on any atom is -0.497 e. The van der Waals surface area contributed by atoms with Crippen molar-refractivity contribution in [3.63, 3.8) is 0 Å². The van der Waals surface area contributed by atoms with Crippen LogP contribution >= 0.6 is 0 Å². The Bertz CT molecular complexity index is 533. The van der Waals surface area contributed by atoms with E-state index in [0.717, 1.165) is 18.8 Å². The van der Waals surface area contributed by atoms with Gasteiger partial charge in [-0.1, -0.05) is 6.07 Å². The van der Waals surface area contributed by atoms with E-state index >= 15 is 0 Å². The molecule has 0 spiro atoms. The molecule has 1 saturated heterocycles. The van der Waals surface area contributed by atoms with Gasteiger partial charge in [0.05, 0.1) is 12.8 Å². The lowest BCUT2D eigenvalue weighted by atomic mass is 9.98. The molecule has 2 aromatic rings. The molecule has 1 aromatic carbocycles. The first kappa shape index (κ1) is 10.5. The van der Waals surface area contributed by atoms with Crippen LogP contribution in [0.1, 0.15) is 18.0 Å². The highest BCUT2D eigenvalue weighted by atomic mass is 16.5. The zero-order valence-electron chi connectivity index (χ0n) is 9.94. The smallest absolute Gasteiger partial charge is 0.119 e. The van der Waals surface area contributed by atoms with E-state index in [-0.39, 0.29) is 0 Å². The second kappa shape index (κ2) is 4.34. The first-order chi connectivity index (χ1) is 8.38. The molecule has 1 aromatic heterocycles. The van der Waals surface area contributed by atoms with E-state index in [2.05, 4.69) is 28.5 Å². The lowest BCUT2D eigenvalue weighted by Gasteiger charge is -2.12. The number of hydrogen-bond acceptors (Lipinski definition) is 3. The van der Waals surface area contributed by atoms with Crippen LogP contribution in [0.3, 0.4) is 0 Å². The third-order valence-corrected chi connectivity index (χ3v) is 3.45. The number of nitrogens with zero attached hydrogens (tertiary/aromatic N) is 1. The van der Waals surface area contributed by atoms with Crippen LogP contribution in [-0.4, -0.2) is 25.2 Å². The lowest BCUT2D eigenvalue weighted by Crippen LogP contribution is -2.09. The second-order valence-corrected chi connectivity index (χ2v) is 4.47. The molecule has 0 amide bonds. The van der Waals surface area contributed by atoms with Crippen LogP contribution in [0.15, 0.2) is 30.5 Å². The molecule has 0 saturated carbocycles. The Morgan fingerprint density at radius 1 is 1.35 bits per heavy atom. The normalized spacial score (nSPS) is 19.7. The zero-order valence-corrected chi connectivity index (χ0v) is 9.94. The fraction of sp³-hybridized carbons (Fsp3) is 0.357. The van der Waals surface area contributed by atoms with Gasteiger partial charge >= 0.3 is 0 Å². The molecule has 1 atom stereocenters. The van der Waals surface area contributed by atoms with Crippen molar-refractivity contribution in [2.24, 2.45) is 0 Å². The number of ether oxygens (including phenoxy) is 1. The maximum absolute atomic E-state index is 5.30. The van der Waals surface area contributed by atoms with Crippen molar-refractivity contribution in [2.75, 3.05) is 20.2 Å². The SMILES string of the molecule is COc1ccc2ccnc(C3CCNC3)c2c1. The molecule has 1 aliphatic rings. The molecule has 17 heavy (non-hydrogen) atoms. The molecule has 0 aliphatic carbocycles. The fourth-order valence-corrected chi connectivity index (χ4v) is 2.51. The van der Waals surface area contributed by atoms with Crippen LogP contribution in [0.2, 0.25) is 0 Å². The molecule has 1 N–H and O–H groups in total. The van der Waals surface area contributed by atoms with Gasteiger partial charge in [0.1, 0.15) is 5.75 Å². The maximum Gasteiger partial charge on any atom is 0.119 e. The van der Waals surface area contributed by atoms with Gasteiger partial charge in [0, 0.05) is 24.0 Å². The minimum atomic E-state index is 0.533. The standard InChI is InChI=1S/C14H16N2O/c1-17-12-3-2-10-5-7-16-14(13(10)8-12)11-4-6-15-9-11/h2-3,5,7-8,11,15H,4,6,9H2,1H3. The van der Waals surface area contributed by atoms with E-state index in [1.54, 1.807) is 7.11 Å². The Hall–Kier alpha value is -1.61. The second-order valence-electron chi connectivity index (χ2n) is 4.47. The van der Waals surface area contributed by atoms with Gasteiger partial charge in [-0.05, 0) is 36.6 Å². The highest BCUT2D eigenvalue weighted by Gasteiger charge is 2.20. The Balaban J connectivity index is 2.15. The van der Waals surface area contributed by atoms with Crippen molar-refractivity contribution in [1.29, 1.82) is 0 Å². The predicted molar refractivity (Wildman–Crippen MR) is 68.5 cm³/mol. The number of rotatable bonds is 2. The van der Waals surface area contributed by atoms with Gasteiger partial charge in [0.25, 0.3) is 0 Å². The minimum absolute atomic E-state index is 0.533. The highest BCUT2D eigenvalue weighted by Crippen LogP contribution is 2.29. The number of fused-ring (bicyclic) bond motifs is 1. The highest BCUT2D eigenvalue weighted by molar-refractivity contribution is 5.86. The molecule has 3 nitrogen and oxygen atoms in total. The summed E-state index contributed by atoms with van der Waals surface area (Å²) in [7, 11) is 1.70. The van der Waals surface area contributed by atoms with Gasteiger partial charge in [0.2, 0.25) is 0 Å². The number of nitrogens with one attached hydrogen (secondary N) is 1. The van der Waals surface area contributed by atoms with Crippen LogP contribution in [0.5, 0.6) is 5.75 Å². The van der Waals surface area contributed by atoms with Crippen LogP contribution in [-0.2, 0) is 0 Å². The Morgan fingerprint density at radius 3 is 3.06 bits per heavy atom. The van der Waals surface area contributed by atoms with Gasteiger partial charge in [0.15, 0.2) is 0 Å². The molecule has 0 radical (unpaired) electrons. The molecule has 1 fully saturated rings. The average Bonchev–Trinajstić information content (AvgIpc) is 2.91. The fourth-order valence-electron chi connectivity index (χ4n) is 2.51. The number of methoxy groups -OCH3 is 1. The molecule has 88 valence electrons. The van der Waals surface area contributed by atoms with Gasteiger partial charge in [-0.2, -0.15) is 0 Å². The van der Waals surface area contributed by atoms with Gasteiger partial charge in [-0.3, -0.25) is 4.98 Å². The van der Waals surface area contributed by atoms with E-state index < -0.39 is 0 Å². The van der Waals surface area contributed by atoms with Crippen LogP contribution in [0.4, 0.5) is 0 Å². The number of pyridine rings is 1. The average molecular weight is 228 g/mol. The molecule has 3 heteroatoms. The summed E-state index contributed by atoms with van der Waals surface area (Å²) in [6, 6.07) is 8.25. The third-order valence-electron chi connectivity index (χ3n) is 3.45. The van der Waals surface area contributed by atoms with Crippen LogP contribution in [0.25, 0.3) is 10.8 Å². The molecular formula is C14H16N2O. The summed E-state index contributed by atoms with van der Waals surface area (Å²) in [5.41, 5.74) is 1.20. The monoisotopic (exact) mass is 228 g/mol. The lowest BCUT2D eigenvalue weighted by molar-refractivity contribution is 0.415. The Morgan fingerprint density at radius 2 is 2.29 bits per heavy atom. The quantitative estimate of drug-likeness (QED) is 0.856. The Labute approximate surface area is 101 Å². The summed E-state index contributed by atoms with van der Waals surface area (Å²) >= 11 is 0. The van der Waals surface area contributed by atoms with Crippen molar-refractivity contribution >= 4 is 10.8 Å². The van der Waals surface area contributed by atoms with Crippen molar-refractivity contribution in [3.05, 3.63) is 36.2 Å². The summed E-state index contributed by atoms with van der Waals surface area (Å²) in [5.74, 6) is 1.43. The molecule has 1 unspecified atom stereocenters. The molecule has 3 rings (SSSR count). The summed E-state index contributed by atoms with van der Waals surface area (Å²) in [4.78, 5) is 4.57. The van der Waals surface area contributed by atoms with E-state index in [4.69, 9.17) is 4.74 Å². The zero-order chi connectivity index (χ0) is 11.7. The van der Waals surface area contributed by atoms with E-state index in [1.165, 1.54) is 22.9 Å². The van der Waals surface area contributed by atoms with Gasteiger partial charge in [-0.15, -0.1) is 0 Å². The number of aromatic nitrogens is 1. The summed E-state index contributed by atoms with van der Waals surface area (Å²) < 4.78 is 5.30. The van der Waals surface area contributed by atoms with E-state index in [0.29, 0.717) is 5.92 Å². The van der Waals surface area contributed by atoms with Crippen LogP contribution < -0.4 is 10.1 Å².